The maximum absolute atomic E-state index is 10.8. The van der Waals surface area contributed by atoms with Crippen LogP contribution in [0.3, 0.4) is 0 Å². The minimum absolute atomic E-state index is 0. The largest absolute Gasteiger partial charge is 0.300 e. The molecule has 0 saturated heterocycles. The number of hydrogen-bond donors (Lipinski definition) is 0. The normalized spacial score (nSPS) is 7.83. The van der Waals surface area contributed by atoms with E-state index in [2.05, 4.69) is 0 Å². The van der Waals surface area contributed by atoms with E-state index in [0.29, 0.717) is 6.42 Å². The first-order chi connectivity index (χ1) is 4.66. The van der Waals surface area contributed by atoms with E-state index < -0.39 is 0 Å². The molecule has 0 atom stereocenters. The lowest BCUT2D eigenvalue weighted by molar-refractivity contribution is -0.125. The van der Waals surface area contributed by atoms with E-state index in [9.17, 15) is 9.59 Å². The fourth-order valence-electron chi connectivity index (χ4n) is 0.740. The molecule has 0 fully saturated rings. The SMILES string of the molecule is C.C.CCCCC(=O)CC(C)=O. The molecule has 0 aliphatic heterocycles. The molecule has 0 unspecified atom stereocenters. The van der Waals surface area contributed by atoms with Crippen LogP contribution in [0.2, 0.25) is 0 Å². The Morgan fingerprint density at radius 2 is 1.67 bits per heavy atom. The number of rotatable bonds is 5. The maximum atomic E-state index is 10.8. The van der Waals surface area contributed by atoms with Crippen LogP contribution in [0, 0.1) is 0 Å². The van der Waals surface area contributed by atoms with Crippen molar-refractivity contribution in [3.63, 3.8) is 0 Å². The highest BCUT2D eigenvalue weighted by atomic mass is 16.1. The zero-order chi connectivity index (χ0) is 7.98. The molecule has 2 heteroatoms. The van der Waals surface area contributed by atoms with Gasteiger partial charge in [-0.1, -0.05) is 28.2 Å². The van der Waals surface area contributed by atoms with Gasteiger partial charge in [0, 0.05) is 6.42 Å². The molecular weight excluding hydrogens is 152 g/mol. The van der Waals surface area contributed by atoms with Crippen molar-refractivity contribution < 1.29 is 9.59 Å². The van der Waals surface area contributed by atoms with Gasteiger partial charge in [-0.25, -0.2) is 0 Å². The Morgan fingerprint density at radius 1 is 1.17 bits per heavy atom. The van der Waals surface area contributed by atoms with Gasteiger partial charge in [-0.3, -0.25) is 9.59 Å². The molecule has 0 spiro atoms. The summed E-state index contributed by atoms with van der Waals surface area (Å²) in [6, 6.07) is 0. The fourth-order valence-corrected chi connectivity index (χ4v) is 0.740. The van der Waals surface area contributed by atoms with Crippen LogP contribution >= 0.6 is 0 Å². The average Bonchev–Trinajstić information content (AvgIpc) is 1.82. The molecule has 0 aromatic heterocycles. The fraction of sp³-hybridized carbons (Fsp3) is 0.800. The van der Waals surface area contributed by atoms with E-state index in [0.717, 1.165) is 12.8 Å². The summed E-state index contributed by atoms with van der Waals surface area (Å²) in [5.41, 5.74) is 0. The highest BCUT2D eigenvalue weighted by Gasteiger charge is 2.02. The lowest BCUT2D eigenvalue weighted by Gasteiger charge is -1.93. The van der Waals surface area contributed by atoms with Crippen LogP contribution in [0.4, 0.5) is 0 Å². The third-order valence-electron chi connectivity index (χ3n) is 1.26. The van der Waals surface area contributed by atoms with E-state index in [4.69, 9.17) is 0 Å². The number of carbonyl (C=O) groups excluding carboxylic acids is 2. The first-order valence-electron chi connectivity index (χ1n) is 3.68. The van der Waals surface area contributed by atoms with Gasteiger partial charge in [0.05, 0.1) is 6.42 Å². The Hall–Kier alpha value is -0.660. The van der Waals surface area contributed by atoms with E-state index >= 15 is 0 Å². The second-order valence-electron chi connectivity index (χ2n) is 2.52. The summed E-state index contributed by atoms with van der Waals surface area (Å²) in [5, 5.41) is 0. The summed E-state index contributed by atoms with van der Waals surface area (Å²) in [6.45, 7) is 3.48. The van der Waals surface area contributed by atoms with Crippen molar-refractivity contribution in [2.24, 2.45) is 0 Å². The van der Waals surface area contributed by atoms with Gasteiger partial charge in [-0.15, -0.1) is 0 Å². The molecule has 0 amide bonds. The quantitative estimate of drug-likeness (QED) is 0.600. The van der Waals surface area contributed by atoms with Crippen molar-refractivity contribution in [1.82, 2.24) is 0 Å². The highest BCUT2D eigenvalue weighted by Crippen LogP contribution is 1.98. The van der Waals surface area contributed by atoms with Gasteiger partial charge in [-0.05, 0) is 13.3 Å². The van der Waals surface area contributed by atoms with Crippen molar-refractivity contribution in [2.45, 2.75) is 54.4 Å². The van der Waals surface area contributed by atoms with E-state index in [1.165, 1.54) is 6.92 Å². The van der Waals surface area contributed by atoms with Crippen molar-refractivity contribution in [1.29, 1.82) is 0 Å². The van der Waals surface area contributed by atoms with Crippen LogP contribution in [-0.2, 0) is 9.59 Å². The molecule has 0 N–H and O–H groups in total. The van der Waals surface area contributed by atoms with Gasteiger partial charge in [0.15, 0.2) is 0 Å². The first-order valence-corrected chi connectivity index (χ1v) is 3.68. The van der Waals surface area contributed by atoms with Crippen LogP contribution in [0.5, 0.6) is 0 Å². The third kappa shape index (κ3) is 12.1. The van der Waals surface area contributed by atoms with Gasteiger partial charge in [-0.2, -0.15) is 0 Å². The minimum Gasteiger partial charge on any atom is -0.300 e. The Labute approximate surface area is 76.4 Å². The number of Topliss-reactive ketones (excluding diaryl/α,β-unsaturated/α-hetero) is 2. The Morgan fingerprint density at radius 3 is 2.00 bits per heavy atom. The summed E-state index contributed by atoms with van der Waals surface area (Å²) in [5.74, 6) is 0.0513. The van der Waals surface area contributed by atoms with Crippen molar-refractivity contribution in [3.8, 4) is 0 Å². The maximum Gasteiger partial charge on any atom is 0.140 e. The van der Waals surface area contributed by atoms with Gasteiger partial charge in [0.2, 0.25) is 0 Å². The first kappa shape index (κ1) is 17.4. The molecular formula is C10H22O2. The molecule has 0 saturated carbocycles. The predicted molar refractivity (Wildman–Crippen MR) is 53.3 cm³/mol. The summed E-state index contributed by atoms with van der Waals surface area (Å²) in [7, 11) is 0. The monoisotopic (exact) mass is 174 g/mol. The molecule has 12 heavy (non-hydrogen) atoms. The van der Waals surface area contributed by atoms with Gasteiger partial charge >= 0.3 is 0 Å². The number of ketones is 2. The Balaban J connectivity index is -0.000000405. The van der Waals surface area contributed by atoms with Crippen LogP contribution in [-0.4, -0.2) is 11.6 Å². The van der Waals surface area contributed by atoms with E-state index in [1.54, 1.807) is 0 Å². The second-order valence-corrected chi connectivity index (χ2v) is 2.52. The average molecular weight is 174 g/mol. The third-order valence-corrected chi connectivity index (χ3v) is 1.26. The van der Waals surface area contributed by atoms with E-state index in [-0.39, 0.29) is 32.8 Å². The number of hydrogen-bond acceptors (Lipinski definition) is 2. The molecule has 0 aliphatic carbocycles. The lowest BCUT2D eigenvalue weighted by Crippen LogP contribution is -2.03. The molecule has 2 nitrogen and oxygen atoms in total. The Kier molecular flexibility index (Phi) is 15.0. The molecule has 0 radical (unpaired) electrons. The molecule has 0 aromatic carbocycles. The highest BCUT2D eigenvalue weighted by molar-refractivity contribution is 5.97. The van der Waals surface area contributed by atoms with E-state index in [1.807, 2.05) is 6.92 Å². The van der Waals surface area contributed by atoms with Crippen LogP contribution in [0.25, 0.3) is 0 Å². The predicted octanol–water partition coefficient (Wildman–Crippen LogP) is 3.00. The summed E-state index contributed by atoms with van der Waals surface area (Å²) >= 11 is 0. The topological polar surface area (TPSA) is 34.1 Å². The lowest BCUT2D eigenvalue weighted by atomic mass is 10.1. The Bertz CT molecular complexity index is 128. The molecule has 0 aliphatic rings. The van der Waals surface area contributed by atoms with Gasteiger partial charge in [0.25, 0.3) is 0 Å². The van der Waals surface area contributed by atoms with Crippen molar-refractivity contribution in [3.05, 3.63) is 0 Å². The van der Waals surface area contributed by atoms with Crippen LogP contribution in [0.15, 0.2) is 0 Å². The second kappa shape index (κ2) is 10.3. The standard InChI is InChI=1S/C8H14O2.2CH4/c1-3-4-5-8(10)6-7(2)9;;/h3-6H2,1-2H3;2*1H4. The molecule has 0 heterocycles. The zero-order valence-corrected chi connectivity index (χ0v) is 6.64. The summed E-state index contributed by atoms with van der Waals surface area (Å²) in [4.78, 5) is 21.2. The van der Waals surface area contributed by atoms with Gasteiger partial charge in [0.1, 0.15) is 11.6 Å². The summed E-state index contributed by atoms with van der Waals surface area (Å²) < 4.78 is 0. The molecule has 74 valence electrons. The number of carbonyl (C=O) groups is 2. The van der Waals surface area contributed by atoms with Crippen LogP contribution < -0.4 is 0 Å². The molecule has 0 bridgehead atoms. The van der Waals surface area contributed by atoms with Gasteiger partial charge < -0.3 is 0 Å². The minimum atomic E-state index is -0.0268. The van der Waals surface area contributed by atoms with Crippen LogP contribution in [0.1, 0.15) is 54.4 Å². The molecule has 0 aromatic rings. The molecule has 0 rings (SSSR count). The van der Waals surface area contributed by atoms with Crippen molar-refractivity contribution >= 4 is 11.6 Å². The van der Waals surface area contributed by atoms with Crippen molar-refractivity contribution in [2.75, 3.05) is 0 Å². The number of unbranched alkanes of at least 4 members (excludes halogenated alkanes) is 1. The smallest absolute Gasteiger partial charge is 0.140 e. The summed E-state index contributed by atoms with van der Waals surface area (Å²) in [6.07, 6.45) is 2.62. The zero-order valence-electron chi connectivity index (χ0n) is 6.64.